The van der Waals surface area contributed by atoms with E-state index in [0.717, 1.165) is 0 Å². The van der Waals surface area contributed by atoms with E-state index in [1.807, 2.05) is 18.3 Å². The van der Waals surface area contributed by atoms with Crippen LogP contribution in [0.5, 0.6) is 0 Å². The van der Waals surface area contributed by atoms with Crippen molar-refractivity contribution in [1.29, 1.82) is 0 Å². The van der Waals surface area contributed by atoms with E-state index in [-0.39, 0.29) is 25.1 Å². The number of fused-ring (bicyclic) bond motifs is 1. The SMILES string of the molecule is CC(C)C(CO)[n+]1ccc2ccccc2c1.[Cl-]. The Labute approximate surface area is 108 Å². The third kappa shape index (κ3) is 2.96. The zero-order valence-corrected chi connectivity index (χ0v) is 10.9. The lowest BCUT2D eigenvalue weighted by Crippen LogP contribution is -3.00. The van der Waals surface area contributed by atoms with Crippen molar-refractivity contribution in [2.45, 2.75) is 19.9 Å². The fraction of sp³-hybridized carbons (Fsp3) is 0.357. The second-order valence-electron chi connectivity index (χ2n) is 4.51. The van der Waals surface area contributed by atoms with E-state index in [9.17, 15) is 5.11 Å². The van der Waals surface area contributed by atoms with Gasteiger partial charge in [-0.2, -0.15) is 4.57 Å². The Morgan fingerprint density at radius 1 is 1.12 bits per heavy atom. The first kappa shape index (κ1) is 13.9. The largest absolute Gasteiger partial charge is 1.00 e. The van der Waals surface area contributed by atoms with Gasteiger partial charge in [-0.25, -0.2) is 0 Å². The summed E-state index contributed by atoms with van der Waals surface area (Å²) in [7, 11) is 0. The molecule has 0 aliphatic rings. The van der Waals surface area contributed by atoms with Crippen LogP contribution in [0.15, 0.2) is 42.7 Å². The van der Waals surface area contributed by atoms with Gasteiger partial charge in [-0.05, 0) is 11.5 Å². The highest BCUT2D eigenvalue weighted by Gasteiger charge is 2.21. The molecule has 0 aliphatic carbocycles. The molecule has 0 fully saturated rings. The smallest absolute Gasteiger partial charge is 0.183 e. The average molecular weight is 252 g/mol. The summed E-state index contributed by atoms with van der Waals surface area (Å²) in [6.45, 7) is 4.44. The van der Waals surface area contributed by atoms with Gasteiger partial charge >= 0.3 is 0 Å². The predicted molar refractivity (Wildman–Crippen MR) is 65.1 cm³/mol. The van der Waals surface area contributed by atoms with Gasteiger partial charge in [0.15, 0.2) is 18.4 Å². The Morgan fingerprint density at radius 3 is 2.35 bits per heavy atom. The van der Waals surface area contributed by atoms with Gasteiger partial charge in [-0.1, -0.05) is 32.0 Å². The first-order valence-corrected chi connectivity index (χ1v) is 5.73. The Bertz CT molecular complexity index is 484. The molecule has 2 rings (SSSR count). The predicted octanol–water partition coefficient (Wildman–Crippen LogP) is -0.679. The van der Waals surface area contributed by atoms with Crippen LogP contribution in [-0.4, -0.2) is 11.7 Å². The maximum atomic E-state index is 9.40. The van der Waals surface area contributed by atoms with Gasteiger partial charge in [0, 0.05) is 17.4 Å². The molecule has 1 aromatic heterocycles. The first-order valence-electron chi connectivity index (χ1n) is 5.73. The minimum atomic E-state index is 0. The molecule has 0 saturated heterocycles. The molecule has 0 bridgehead atoms. The van der Waals surface area contributed by atoms with Crippen LogP contribution in [0.25, 0.3) is 10.8 Å². The van der Waals surface area contributed by atoms with Crippen LogP contribution >= 0.6 is 0 Å². The molecule has 2 nitrogen and oxygen atoms in total. The third-order valence-electron chi connectivity index (χ3n) is 3.05. The zero-order valence-electron chi connectivity index (χ0n) is 10.2. The average Bonchev–Trinajstić information content (AvgIpc) is 2.29. The fourth-order valence-corrected chi connectivity index (χ4v) is 2.01. The van der Waals surface area contributed by atoms with Crippen molar-refractivity contribution in [2.24, 2.45) is 5.92 Å². The summed E-state index contributed by atoms with van der Waals surface area (Å²) in [4.78, 5) is 0. The molecular weight excluding hydrogens is 234 g/mol. The molecular formula is C14H18ClNO. The highest BCUT2D eigenvalue weighted by Crippen LogP contribution is 2.14. The molecule has 0 amide bonds. The highest BCUT2D eigenvalue weighted by atomic mass is 35.5. The van der Waals surface area contributed by atoms with Crippen molar-refractivity contribution in [3.8, 4) is 0 Å². The molecule has 1 N–H and O–H groups in total. The maximum Gasteiger partial charge on any atom is 0.183 e. The van der Waals surface area contributed by atoms with Crippen LogP contribution in [0.4, 0.5) is 0 Å². The third-order valence-corrected chi connectivity index (χ3v) is 3.05. The number of aliphatic hydroxyl groups excluding tert-OH is 1. The number of hydrogen-bond donors (Lipinski definition) is 1. The Morgan fingerprint density at radius 2 is 1.76 bits per heavy atom. The number of benzene rings is 1. The molecule has 3 heteroatoms. The molecule has 2 aromatic rings. The summed E-state index contributed by atoms with van der Waals surface area (Å²) in [5, 5.41) is 11.8. The number of nitrogens with zero attached hydrogens (tertiary/aromatic N) is 1. The highest BCUT2D eigenvalue weighted by molar-refractivity contribution is 5.80. The van der Waals surface area contributed by atoms with Gasteiger partial charge in [-0.3, -0.25) is 0 Å². The second-order valence-corrected chi connectivity index (χ2v) is 4.51. The van der Waals surface area contributed by atoms with Crippen LogP contribution in [0.1, 0.15) is 19.9 Å². The van der Waals surface area contributed by atoms with Crippen molar-refractivity contribution < 1.29 is 22.1 Å². The topological polar surface area (TPSA) is 24.1 Å². The fourth-order valence-electron chi connectivity index (χ4n) is 2.01. The van der Waals surface area contributed by atoms with E-state index in [2.05, 4.69) is 42.8 Å². The molecule has 0 saturated carbocycles. The number of rotatable bonds is 3. The molecule has 1 heterocycles. The standard InChI is InChI=1S/C14H18NO.ClH/c1-11(2)14(10-16)15-8-7-12-5-3-4-6-13(12)9-15;/h3-9,11,14,16H,10H2,1-2H3;1H/q+1;/p-1. The van der Waals surface area contributed by atoms with Crippen LogP contribution in [0.2, 0.25) is 0 Å². The van der Waals surface area contributed by atoms with Crippen molar-refractivity contribution in [2.75, 3.05) is 6.61 Å². The van der Waals surface area contributed by atoms with Gasteiger partial charge in [0.25, 0.3) is 0 Å². The zero-order chi connectivity index (χ0) is 11.5. The van der Waals surface area contributed by atoms with Gasteiger partial charge in [0.1, 0.15) is 6.61 Å². The van der Waals surface area contributed by atoms with Crippen molar-refractivity contribution >= 4 is 10.8 Å². The van der Waals surface area contributed by atoms with E-state index in [0.29, 0.717) is 5.92 Å². The second kappa shape index (κ2) is 5.99. The summed E-state index contributed by atoms with van der Waals surface area (Å²) in [6, 6.07) is 10.5. The number of aliphatic hydroxyl groups is 1. The van der Waals surface area contributed by atoms with Crippen molar-refractivity contribution in [1.82, 2.24) is 0 Å². The number of aromatic nitrogens is 1. The molecule has 1 aromatic carbocycles. The van der Waals surface area contributed by atoms with Crippen LogP contribution < -0.4 is 17.0 Å². The number of hydrogen-bond acceptors (Lipinski definition) is 1. The van der Waals surface area contributed by atoms with Crippen molar-refractivity contribution in [3.63, 3.8) is 0 Å². The minimum Gasteiger partial charge on any atom is -1.00 e. The lowest BCUT2D eigenvalue weighted by atomic mass is 10.0. The van der Waals surface area contributed by atoms with Gasteiger partial charge in [0.05, 0.1) is 0 Å². The van der Waals surface area contributed by atoms with E-state index < -0.39 is 0 Å². The molecule has 92 valence electrons. The van der Waals surface area contributed by atoms with E-state index in [4.69, 9.17) is 0 Å². The summed E-state index contributed by atoms with van der Waals surface area (Å²) < 4.78 is 2.10. The van der Waals surface area contributed by atoms with E-state index >= 15 is 0 Å². The summed E-state index contributed by atoms with van der Waals surface area (Å²) in [6.07, 6.45) is 4.15. The molecule has 17 heavy (non-hydrogen) atoms. The summed E-state index contributed by atoms with van der Waals surface area (Å²) >= 11 is 0. The monoisotopic (exact) mass is 251 g/mol. The van der Waals surface area contributed by atoms with Gasteiger partial charge in [-0.15, -0.1) is 0 Å². The van der Waals surface area contributed by atoms with Crippen LogP contribution in [0.3, 0.4) is 0 Å². The number of pyridine rings is 1. The van der Waals surface area contributed by atoms with Gasteiger partial charge < -0.3 is 17.5 Å². The molecule has 0 radical (unpaired) electrons. The molecule has 0 aliphatic heterocycles. The molecule has 0 spiro atoms. The van der Waals surface area contributed by atoms with Crippen LogP contribution in [-0.2, 0) is 0 Å². The quantitative estimate of drug-likeness (QED) is 0.719. The van der Waals surface area contributed by atoms with Crippen LogP contribution in [0, 0.1) is 5.92 Å². The Hall–Kier alpha value is -1.12. The summed E-state index contributed by atoms with van der Waals surface area (Å²) in [5.74, 6) is 0.427. The Balaban J connectivity index is 0.00000144. The first-order chi connectivity index (χ1) is 7.72. The normalized spacial score (nSPS) is 12.5. The lowest BCUT2D eigenvalue weighted by molar-refractivity contribution is -0.729. The number of halogens is 1. The van der Waals surface area contributed by atoms with Gasteiger partial charge in [0.2, 0.25) is 0 Å². The lowest BCUT2D eigenvalue weighted by Gasteiger charge is -2.13. The summed E-state index contributed by atoms with van der Waals surface area (Å²) in [5.41, 5.74) is 0. The van der Waals surface area contributed by atoms with Crippen molar-refractivity contribution in [3.05, 3.63) is 42.7 Å². The molecule has 1 atom stereocenters. The van der Waals surface area contributed by atoms with E-state index in [1.54, 1.807) is 0 Å². The molecule has 1 unspecified atom stereocenters. The van der Waals surface area contributed by atoms with E-state index in [1.165, 1.54) is 10.8 Å². The Kier molecular flexibility index (Phi) is 4.91. The maximum absolute atomic E-state index is 9.40. The minimum absolute atomic E-state index is 0.